The molecule has 0 bridgehead atoms. The van der Waals surface area contributed by atoms with Crippen molar-refractivity contribution in [3.05, 3.63) is 0 Å². The predicted molar refractivity (Wildman–Crippen MR) is 61.5 cm³/mol. The Hall–Kier alpha value is -1.17. The van der Waals surface area contributed by atoms with E-state index < -0.39 is 0 Å². The van der Waals surface area contributed by atoms with E-state index in [1.54, 1.807) is 0 Å². The normalized spacial score (nSPS) is 18.0. The van der Waals surface area contributed by atoms with Crippen LogP contribution in [0.4, 0.5) is 4.79 Å². The molecule has 0 spiro atoms. The van der Waals surface area contributed by atoms with Crippen LogP contribution in [0.15, 0.2) is 0 Å². The van der Waals surface area contributed by atoms with Crippen molar-refractivity contribution in [2.45, 2.75) is 45.1 Å². The van der Waals surface area contributed by atoms with Crippen molar-refractivity contribution in [1.29, 1.82) is 0 Å². The second-order valence-corrected chi connectivity index (χ2v) is 4.01. The number of nitrogens with zero attached hydrogens (tertiary/aromatic N) is 1. The Morgan fingerprint density at radius 2 is 2.13 bits per heavy atom. The molecule has 0 aromatic carbocycles. The molecule has 1 fully saturated rings. The zero-order valence-corrected chi connectivity index (χ0v) is 9.46. The lowest BCUT2D eigenvalue weighted by atomic mass is 10.1. The molecule has 1 aliphatic heterocycles. The third kappa shape index (κ3) is 3.83. The molecule has 1 N–H and O–H groups in total. The van der Waals surface area contributed by atoms with Crippen LogP contribution >= 0.6 is 0 Å². The van der Waals surface area contributed by atoms with Gasteiger partial charge in [0, 0.05) is 13.1 Å². The van der Waals surface area contributed by atoms with Crippen molar-refractivity contribution in [1.82, 2.24) is 10.2 Å². The van der Waals surface area contributed by atoms with E-state index in [9.17, 15) is 4.79 Å². The smallest absolute Gasteiger partial charge is 0.318 e. The third-order valence-electron chi connectivity index (χ3n) is 2.72. The Bertz CT molecular complexity index is 238. The summed E-state index contributed by atoms with van der Waals surface area (Å²) < 4.78 is 0. The summed E-state index contributed by atoms with van der Waals surface area (Å²) in [6.07, 6.45) is 10.7. The molecule has 84 valence electrons. The zero-order chi connectivity index (χ0) is 11.1. The van der Waals surface area contributed by atoms with Gasteiger partial charge in [-0.2, -0.15) is 0 Å². The van der Waals surface area contributed by atoms with Crippen LogP contribution in [0.3, 0.4) is 0 Å². The highest BCUT2D eigenvalue weighted by atomic mass is 16.2. The van der Waals surface area contributed by atoms with E-state index >= 15 is 0 Å². The minimum Gasteiger partial charge on any atom is -0.325 e. The highest BCUT2D eigenvalue weighted by Gasteiger charge is 2.18. The standard InChI is InChI=1S/C12H20N2O/c1-3-8-11(4-2)13-12(15)14-9-6-5-7-10-14/h2,11H,3,5-10H2,1H3,(H,13,15). The van der Waals surface area contributed by atoms with Gasteiger partial charge in [0.2, 0.25) is 0 Å². The number of carbonyl (C=O) groups excluding carboxylic acids is 1. The van der Waals surface area contributed by atoms with Gasteiger partial charge in [0.05, 0.1) is 6.04 Å². The molecule has 1 saturated heterocycles. The number of terminal acetylenes is 1. The maximum atomic E-state index is 11.8. The van der Waals surface area contributed by atoms with E-state index in [4.69, 9.17) is 6.42 Å². The molecule has 3 heteroatoms. The molecule has 0 saturated carbocycles. The van der Waals surface area contributed by atoms with Crippen LogP contribution in [0.1, 0.15) is 39.0 Å². The van der Waals surface area contributed by atoms with Gasteiger partial charge in [0.25, 0.3) is 0 Å². The summed E-state index contributed by atoms with van der Waals surface area (Å²) in [5.74, 6) is 2.61. The summed E-state index contributed by atoms with van der Waals surface area (Å²) in [6, 6.07) is -0.101. The first-order chi connectivity index (χ1) is 7.27. The minimum atomic E-state index is -0.107. The number of carbonyl (C=O) groups is 1. The van der Waals surface area contributed by atoms with Gasteiger partial charge in [-0.15, -0.1) is 6.42 Å². The Kier molecular flexibility index (Phi) is 5.03. The molecule has 15 heavy (non-hydrogen) atoms. The van der Waals surface area contributed by atoms with E-state index in [1.165, 1.54) is 6.42 Å². The lowest BCUT2D eigenvalue weighted by Crippen LogP contribution is -2.46. The largest absolute Gasteiger partial charge is 0.325 e. The van der Waals surface area contributed by atoms with Crippen LogP contribution in [0.2, 0.25) is 0 Å². The molecule has 1 rings (SSSR count). The summed E-state index contributed by atoms with van der Waals surface area (Å²) in [4.78, 5) is 13.6. The molecule has 1 atom stereocenters. The number of amides is 2. The van der Waals surface area contributed by atoms with Crippen LogP contribution < -0.4 is 5.32 Å². The maximum absolute atomic E-state index is 11.8. The van der Waals surface area contributed by atoms with Crippen molar-refractivity contribution in [2.75, 3.05) is 13.1 Å². The summed E-state index contributed by atoms with van der Waals surface area (Å²) in [6.45, 7) is 3.81. The Morgan fingerprint density at radius 3 is 2.67 bits per heavy atom. The number of piperidine rings is 1. The van der Waals surface area contributed by atoms with Gasteiger partial charge in [-0.05, 0) is 25.7 Å². The van der Waals surface area contributed by atoms with Crippen LogP contribution in [0, 0.1) is 12.3 Å². The first-order valence-corrected chi connectivity index (χ1v) is 5.79. The molecule has 0 aliphatic carbocycles. The van der Waals surface area contributed by atoms with Crippen molar-refractivity contribution >= 4 is 6.03 Å². The highest BCUT2D eigenvalue weighted by molar-refractivity contribution is 5.75. The molecular weight excluding hydrogens is 188 g/mol. The van der Waals surface area contributed by atoms with Gasteiger partial charge in [0.15, 0.2) is 0 Å². The molecule has 2 amide bonds. The lowest BCUT2D eigenvalue weighted by Gasteiger charge is -2.28. The van der Waals surface area contributed by atoms with Gasteiger partial charge >= 0.3 is 6.03 Å². The van der Waals surface area contributed by atoms with Crippen molar-refractivity contribution < 1.29 is 4.79 Å². The average Bonchev–Trinajstić information content (AvgIpc) is 2.29. The Morgan fingerprint density at radius 1 is 1.47 bits per heavy atom. The van der Waals surface area contributed by atoms with Crippen LogP contribution in [0.5, 0.6) is 0 Å². The number of rotatable bonds is 3. The minimum absolute atomic E-state index is 0.00565. The molecule has 0 aromatic heterocycles. The highest BCUT2D eigenvalue weighted by Crippen LogP contribution is 2.09. The van der Waals surface area contributed by atoms with E-state index in [1.807, 2.05) is 4.90 Å². The SMILES string of the molecule is C#CC(CCC)NC(=O)N1CCCCC1. The molecule has 0 radical (unpaired) electrons. The van der Waals surface area contributed by atoms with Crippen molar-refractivity contribution in [3.63, 3.8) is 0 Å². The molecular formula is C12H20N2O. The predicted octanol–water partition coefficient (Wildman–Crippen LogP) is 1.98. The monoisotopic (exact) mass is 208 g/mol. The van der Waals surface area contributed by atoms with Gasteiger partial charge in [-0.25, -0.2) is 4.79 Å². The summed E-state index contributed by atoms with van der Waals surface area (Å²) >= 11 is 0. The van der Waals surface area contributed by atoms with Crippen LogP contribution in [-0.2, 0) is 0 Å². The number of hydrogen-bond donors (Lipinski definition) is 1. The quantitative estimate of drug-likeness (QED) is 0.707. The molecule has 3 nitrogen and oxygen atoms in total. The van der Waals surface area contributed by atoms with E-state index in [-0.39, 0.29) is 12.1 Å². The van der Waals surface area contributed by atoms with Gasteiger partial charge < -0.3 is 10.2 Å². The second kappa shape index (κ2) is 6.34. The van der Waals surface area contributed by atoms with Crippen molar-refractivity contribution in [2.24, 2.45) is 0 Å². The first kappa shape index (κ1) is 11.9. The number of nitrogens with one attached hydrogen (secondary N) is 1. The van der Waals surface area contributed by atoms with E-state index in [0.717, 1.165) is 38.8 Å². The van der Waals surface area contributed by atoms with Crippen LogP contribution in [-0.4, -0.2) is 30.1 Å². The molecule has 0 aromatic rings. The van der Waals surface area contributed by atoms with E-state index in [0.29, 0.717) is 0 Å². The number of hydrogen-bond acceptors (Lipinski definition) is 1. The van der Waals surface area contributed by atoms with Gasteiger partial charge in [-0.1, -0.05) is 19.3 Å². The molecule has 1 aliphatic rings. The van der Waals surface area contributed by atoms with Gasteiger partial charge in [0.1, 0.15) is 0 Å². The molecule has 1 heterocycles. The summed E-state index contributed by atoms with van der Waals surface area (Å²) in [5.41, 5.74) is 0. The molecule has 1 unspecified atom stereocenters. The number of urea groups is 1. The Balaban J connectivity index is 2.36. The fourth-order valence-electron chi connectivity index (χ4n) is 1.82. The summed E-state index contributed by atoms with van der Waals surface area (Å²) in [7, 11) is 0. The summed E-state index contributed by atoms with van der Waals surface area (Å²) in [5, 5.41) is 2.89. The topological polar surface area (TPSA) is 32.3 Å². The Labute approximate surface area is 92.2 Å². The van der Waals surface area contributed by atoms with Gasteiger partial charge in [-0.3, -0.25) is 0 Å². The first-order valence-electron chi connectivity index (χ1n) is 5.79. The maximum Gasteiger partial charge on any atom is 0.318 e. The van der Waals surface area contributed by atoms with Crippen LogP contribution in [0.25, 0.3) is 0 Å². The number of likely N-dealkylation sites (tertiary alicyclic amines) is 1. The van der Waals surface area contributed by atoms with Crippen molar-refractivity contribution in [3.8, 4) is 12.3 Å². The third-order valence-corrected chi connectivity index (χ3v) is 2.72. The fraction of sp³-hybridized carbons (Fsp3) is 0.750. The average molecular weight is 208 g/mol. The van der Waals surface area contributed by atoms with E-state index in [2.05, 4.69) is 18.2 Å². The lowest BCUT2D eigenvalue weighted by molar-refractivity contribution is 0.184. The fourth-order valence-corrected chi connectivity index (χ4v) is 1.82. The second-order valence-electron chi connectivity index (χ2n) is 4.01. The zero-order valence-electron chi connectivity index (χ0n) is 9.46.